The standard InChI is InChI=1S/C14H16N6O/c1-10-19-11-12(17-8-18-13(11)21-10)16-6-14(2-3-14)7-20-5-4-15-9-20/h4-5,8-9H,2-3,6-7H2,1H3,(H,16,17,18). The number of aryl methyl sites for hydroxylation is 1. The molecular formula is C14H16N6O. The molecule has 1 N–H and O–H groups in total. The lowest BCUT2D eigenvalue weighted by molar-refractivity contribution is 0.444. The highest BCUT2D eigenvalue weighted by molar-refractivity contribution is 5.80. The Bertz CT molecular complexity index is 759. The second kappa shape index (κ2) is 4.54. The lowest BCUT2D eigenvalue weighted by atomic mass is 10.1. The van der Waals surface area contributed by atoms with Crippen molar-refractivity contribution in [3.05, 3.63) is 30.9 Å². The Morgan fingerprint density at radius 1 is 1.38 bits per heavy atom. The monoisotopic (exact) mass is 284 g/mol. The molecule has 21 heavy (non-hydrogen) atoms. The maximum Gasteiger partial charge on any atom is 0.252 e. The molecule has 7 nitrogen and oxygen atoms in total. The first-order valence-corrected chi connectivity index (χ1v) is 7.02. The Balaban J connectivity index is 1.51. The average Bonchev–Trinajstić information content (AvgIpc) is 2.85. The fraction of sp³-hybridized carbons (Fsp3) is 0.429. The largest absolute Gasteiger partial charge is 0.422 e. The van der Waals surface area contributed by atoms with Gasteiger partial charge < -0.3 is 14.3 Å². The van der Waals surface area contributed by atoms with E-state index in [1.807, 2.05) is 25.6 Å². The van der Waals surface area contributed by atoms with Crippen LogP contribution < -0.4 is 5.32 Å². The SMILES string of the molecule is Cc1nc2c(NCC3(Cn4ccnc4)CC3)ncnc2o1. The molecule has 1 fully saturated rings. The van der Waals surface area contributed by atoms with E-state index in [2.05, 4.69) is 29.8 Å². The van der Waals surface area contributed by atoms with Crippen LogP contribution in [-0.2, 0) is 6.54 Å². The highest BCUT2D eigenvalue weighted by Gasteiger charge is 2.42. The summed E-state index contributed by atoms with van der Waals surface area (Å²) in [5.74, 6) is 1.35. The molecule has 0 unspecified atom stereocenters. The zero-order chi connectivity index (χ0) is 14.3. The van der Waals surface area contributed by atoms with Crippen molar-refractivity contribution in [2.45, 2.75) is 26.3 Å². The summed E-state index contributed by atoms with van der Waals surface area (Å²) >= 11 is 0. The molecule has 0 radical (unpaired) electrons. The predicted molar refractivity (Wildman–Crippen MR) is 76.7 cm³/mol. The van der Waals surface area contributed by atoms with Gasteiger partial charge in [0.2, 0.25) is 0 Å². The van der Waals surface area contributed by atoms with Gasteiger partial charge in [0.15, 0.2) is 17.2 Å². The molecule has 0 spiro atoms. The van der Waals surface area contributed by atoms with E-state index < -0.39 is 0 Å². The Morgan fingerprint density at radius 2 is 2.29 bits per heavy atom. The quantitative estimate of drug-likeness (QED) is 0.772. The van der Waals surface area contributed by atoms with Crippen LogP contribution in [0.15, 0.2) is 29.5 Å². The van der Waals surface area contributed by atoms with E-state index in [1.54, 1.807) is 0 Å². The molecule has 0 saturated heterocycles. The van der Waals surface area contributed by atoms with E-state index in [9.17, 15) is 0 Å². The number of hydrogen-bond donors (Lipinski definition) is 1. The first kappa shape index (κ1) is 12.3. The number of oxazole rings is 1. The zero-order valence-corrected chi connectivity index (χ0v) is 11.8. The van der Waals surface area contributed by atoms with Gasteiger partial charge in [-0.15, -0.1) is 0 Å². The third kappa shape index (κ3) is 2.35. The van der Waals surface area contributed by atoms with Crippen LogP contribution in [0.3, 0.4) is 0 Å². The van der Waals surface area contributed by atoms with Gasteiger partial charge in [-0.3, -0.25) is 0 Å². The van der Waals surface area contributed by atoms with Crippen molar-refractivity contribution >= 4 is 17.0 Å². The second-order valence-corrected chi connectivity index (χ2v) is 5.70. The molecule has 3 aromatic rings. The normalized spacial score (nSPS) is 16.2. The summed E-state index contributed by atoms with van der Waals surface area (Å²) < 4.78 is 7.56. The van der Waals surface area contributed by atoms with Crippen molar-refractivity contribution in [3.8, 4) is 0 Å². The van der Waals surface area contributed by atoms with Gasteiger partial charge in [-0.2, -0.15) is 4.98 Å². The number of nitrogens with zero attached hydrogens (tertiary/aromatic N) is 5. The molecule has 0 bridgehead atoms. The van der Waals surface area contributed by atoms with Gasteiger partial charge in [0.1, 0.15) is 6.33 Å². The molecule has 1 saturated carbocycles. The summed E-state index contributed by atoms with van der Waals surface area (Å²) in [6, 6.07) is 0. The first-order valence-electron chi connectivity index (χ1n) is 7.02. The highest BCUT2D eigenvalue weighted by Crippen LogP contribution is 2.47. The number of imidazole rings is 1. The summed E-state index contributed by atoms with van der Waals surface area (Å²) in [5, 5.41) is 3.41. The van der Waals surface area contributed by atoms with Crippen molar-refractivity contribution in [1.29, 1.82) is 0 Å². The summed E-state index contributed by atoms with van der Waals surface area (Å²) in [6.07, 6.45) is 9.61. The van der Waals surface area contributed by atoms with Gasteiger partial charge >= 0.3 is 0 Å². The number of hydrogen-bond acceptors (Lipinski definition) is 6. The molecule has 7 heteroatoms. The van der Waals surface area contributed by atoms with Crippen LogP contribution in [0.1, 0.15) is 18.7 Å². The van der Waals surface area contributed by atoms with E-state index in [1.165, 1.54) is 19.2 Å². The number of fused-ring (bicyclic) bond motifs is 1. The predicted octanol–water partition coefficient (Wildman–Crippen LogP) is 2.02. The van der Waals surface area contributed by atoms with Gasteiger partial charge in [-0.1, -0.05) is 0 Å². The van der Waals surface area contributed by atoms with Crippen LogP contribution in [-0.4, -0.2) is 31.0 Å². The van der Waals surface area contributed by atoms with Gasteiger partial charge in [0.05, 0.1) is 6.33 Å². The van der Waals surface area contributed by atoms with Crippen molar-refractivity contribution < 1.29 is 4.42 Å². The second-order valence-electron chi connectivity index (χ2n) is 5.70. The summed E-state index contributed by atoms with van der Waals surface area (Å²) in [6.45, 7) is 3.65. The zero-order valence-electron chi connectivity index (χ0n) is 11.8. The maximum atomic E-state index is 5.43. The summed E-state index contributed by atoms with van der Waals surface area (Å²) in [5.41, 5.74) is 1.52. The molecule has 3 aromatic heterocycles. The van der Waals surface area contributed by atoms with Crippen molar-refractivity contribution in [2.24, 2.45) is 5.41 Å². The fourth-order valence-corrected chi connectivity index (χ4v) is 2.59. The topological polar surface area (TPSA) is 81.7 Å². The van der Waals surface area contributed by atoms with Crippen molar-refractivity contribution in [2.75, 3.05) is 11.9 Å². The number of nitrogens with one attached hydrogen (secondary N) is 1. The summed E-state index contributed by atoms with van der Waals surface area (Å²) in [4.78, 5) is 16.8. The minimum atomic E-state index is 0.288. The van der Waals surface area contributed by atoms with Crippen LogP contribution in [0.5, 0.6) is 0 Å². The van der Waals surface area contributed by atoms with E-state index in [0.717, 1.165) is 18.9 Å². The molecule has 3 heterocycles. The molecular weight excluding hydrogens is 268 g/mol. The molecule has 1 aliphatic carbocycles. The van der Waals surface area contributed by atoms with Gasteiger partial charge in [-0.25, -0.2) is 15.0 Å². The lowest BCUT2D eigenvalue weighted by Crippen LogP contribution is -2.21. The molecule has 108 valence electrons. The third-order valence-electron chi connectivity index (χ3n) is 3.97. The smallest absolute Gasteiger partial charge is 0.252 e. The van der Waals surface area contributed by atoms with Crippen LogP contribution >= 0.6 is 0 Å². The lowest BCUT2D eigenvalue weighted by Gasteiger charge is -2.16. The van der Waals surface area contributed by atoms with E-state index in [4.69, 9.17) is 4.42 Å². The highest BCUT2D eigenvalue weighted by atomic mass is 16.4. The molecule has 0 amide bonds. The van der Waals surface area contributed by atoms with Gasteiger partial charge in [0, 0.05) is 37.8 Å². The molecule has 0 atom stereocenters. The minimum Gasteiger partial charge on any atom is -0.422 e. The molecule has 4 rings (SSSR count). The van der Waals surface area contributed by atoms with E-state index >= 15 is 0 Å². The molecule has 0 aromatic carbocycles. The molecule has 0 aliphatic heterocycles. The minimum absolute atomic E-state index is 0.288. The van der Waals surface area contributed by atoms with Crippen molar-refractivity contribution in [1.82, 2.24) is 24.5 Å². The summed E-state index contributed by atoms with van der Waals surface area (Å²) in [7, 11) is 0. The molecule has 1 aliphatic rings. The van der Waals surface area contributed by atoms with E-state index in [0.29, 0.717) is 17.1 Å². The Labute approximate surface area is 121 Å². The van der Waals surface area contributed by atoms with Crippen LogP contribution in [0.25, 0.3) is 11.2 Å². The van der Waals surface area contributed by atoms with Crippen LogP contribution in [0.2, 0.25) is 0 Å². The number of anilines is 1. The third-order valence-corrected chi connectivity index (χ3v) is 3.97. The Hall–Kier alpha value is -2.44. The van der Waals surface area contributed by atoms with Gasteiger partial charge in [-0.05, 0) is 12.8 Å². The van der Waals surface area contributed by atoms with Crippen molar-refractivity contribution in [3.63, 3.8) is 0 Å². The first-order chi connectivity index (χ1) is 10.2. The fourth-order valence-electron chi connectivity index (χ4n) is 2.59. The van der Waals surface area contributed by atoms with Gasteiger partial charge in [0.25, 0.3) is 5.71 Å². The maximum absolute atomic E-state index is 5.43. The average molecular weight is 284 g/mol. The van der Waals surface area contributed by atoms with Crippen LogP contribution in [0.4, 0.5) is 5.82 Å². The number of aromatic nitrogens is 5. The Morgan fingerprint density at radius 3 is 3.05 bits per heavy atom. The Kier molecular flexibility index (Phi) is 2.66. The number of rotatable bonds is 5. The van der Waals surface area contributed by atoms with E-state index in [-0.39, 0.29) is 5.41 Å². The van der Waals surface area contributed by atoms with Crippen LogP contribution in [0, 0.1) is 12.3 Å².